The SMILES string of the molecule is C=Cc1ccc(C(C)C)n1/N=C\NC. The van der Waals surface area contributed by atoms with Crippen molar-refractivity contribution in [1.29, 1.82) is 0 Å². The van der Waals surface area contributed by atoms with Crippen LogP contribution in [0.4, 0.5) is 0 Å². The van der Waals surface area contributed by atoms with Crippen LogP contribution in [0.25, 0.3) is 6.08 Å². The molecule has 1 rings (SSSR count). The van der Waals surface area contributed by atoms with Crippen molar-refractivity contribution in [2.45, 2.75) is 19.8 Å². The number of nitrogens with zero attached hydrogens (tertiary/aromatic N) is 2. The highest BCUT2D eigenvalue weighted by atomic mass is 15.4. The van der Waals surface area contributed by atoms with Gasteiger partial charge in [-0.25, -0.2) is 4.68 Å². The summed E-state index contributed by atoms with van der Waals surface area (Å²) >= 11 is 0. The maximum absolute atomic E-state index is 4.29. The summed E-state index contributed by atoms with van der Waals surface area (Å²) in [6, 6.07) is 4.10. The average molecular weight is 191 g/mol. The minimum absolute atomic E-state index is 0.456. The summed E-state index contributed by atoms with van der Waals surface area (Å²) < 4.78 is 1.90. The lowest BCUT2D eigenvalue weighted by molar-refractivity contribution is 0.722. The Morgan fingerprint density at radius 2 is 2.21 bits per heavy atom. The Morgan fingerprint density at radius 3 is 2.71 bits per heavy atom. The zero-order valence-electron chi connectivity index (χ0n) is 8.99. The van der Waals surface area contributed by atoms with E-state index in [0.29, 0.717) is 5.92 Å². The first kappa shape index (κ1) is 10.6. The van der Waals surface area contributed by atoms with Gasteiger partial charge in [-0.15, -0.1) is 0 Å². The van der Waals surface area contributed by atoms with Crippen LogP contribution in [0.15, 0.2) is 23.8 Å². The largest absolute Gasteiger partial charge is 0.378 e. The second-order valence-electron chi connectivity index (χ2n) is 3.39. The van der Waals surface area contributed by atoms with Crippen molar-refractivity contribution in [1.82, 2.24) is 9.99 Å². The van der Waals surface area contributed by atoms with E-state index in [2.05, 4.69) is 36.9 Å². The Balaban J connectivity index is 3.12. The third-order valence-corrected chi connectivity index (χ3v) is 2.02. The van der Waals surface area contributed by atoms with E-state index in [9.17, 15) is 0 Å². The highest BCUT2D eigenvalue weighted by Crippen LogP contribution is 2.18. The lowest BCUT2D eigenvalue weighted by atomic mass is 10.1. The minimum atomic E-state index is 0.456. The Bertz CT molecular complexity index is 334. The van der Waals surface area contributed by atoms with Crippen LogP contribution in [0.5, 0.6) is 0 Å². The molecule has 1 heterocycles. The molecule has 1 aromatic rings. The van der Waals surface area contributed by atoms with Crippen molar-refractivity contribution in [2.75, 3.05) is 7.05 Å². The van der Waals surface area contributed by atoms with Gasteiger partial charge in [0.1, 0.15) is 6.34 Å². The van der Waals surface area contributed by atoms with Crippen LogP contribution in [0, 0.1) is 0 Å². The summed E-state index contributed by atoms with van der Waals surface area (Å²) in [6.07, 6.45) is 3.47. The first-order chi connectivity index (χ1) is 6.70. The number of rotatable bonds is 4. The van der Waals surface area contributed by atoms with Crippen LogP contribution < -0.4 is 5.32 Å². The molecular formula is C11H17N3. The van der Waals surface area contributed by atoms with E-state index < -0.39 is 0 Å². The fourth-order valence-electron chi connectivity index (χ4n) is 1.30. The molecule has 0 aliphatic carbocycles. The highest BCUT2D eigenvalue weighted by Gasteiger charge is 2.07. The summed E-state index contributed by atoms with van der Waals surface area (Å²) in [5.74, 6) is 0.456. The maximum Gasteiger partial charge on any atom is 0.109 e. The van der Waals surface area contributed by atoms with Crippen LogP contribution in [0.1, 0.15) is 31.2 Å². The van der Waals surface area contributed by atoms with Gasteiger partial charge in [-0.2, -0.15) is 5.10 Å². The van der Waals surface area contributed by atoms with Gasteiger partial charge in [0.25, 0.3) is 0 Å². The fraction of sp³-hybridized carbons (Fsp3) is 0.364. The Hall–Kier alpha value is -1.51. The van der Waals surface area contributed by atoms with E-state index in [4.69, 9.17) is 0 Å². The van der Waals surface area contributed by atoms with Gasteiger partial charge >= 0.3 is 0 Å². The molecule has 0 saturated heterocycles. The standard InChI is InChI=1S/C11H17N3/c1-5-10-6-7-11(9(2)3)14(10)13-8-12-4/h5-9H,1H2,2-4H3,(H,12,13). The molecule has 14 heavy (non-hydrogen) atoms. The molecule has 3 nitrogen and oxygen atoms in total. The van der Waals surface area contributed by atoms with Gasteiger partial charge in [-0.1, -0.05) is 20.4 Å². The van der Waals surface area contributed by atoms with Gasteiger partial charge in [-0.05, 0) is 24.1 Å². The maximum atomic E-state index is 4.29. The topological polar surface area (TPSA) is 29.3 Å². The molecule has 0 aliphatic rings. The van der Waals surface area contributed by atoms with E-state index in [1.165, 1.54) is 5.69 Å². The zero-order valence-corrected chi connectivity index (χ0v) is 8.99. The molecule has 0 bridgehead atoms. The summed E-state index contributed by atoms with van der Waals surface area (Å²) in [5.41, 5.74) is 2.20. The van der Waals surface area contributed by atoms with E-state index in [1.54, 1.807) is 12.4 Å². The summed E-state index contributed by atoms with van der Waals surface area (Å²) in [6.45, 7) is 8.05. The molecule has 0 aromatic carbocycles. The Morgan fingerprint density at radius 1 is 1.50 bits per heavy atom. The predicted molar refractivity (Wildman–Crippen MR) is 61.6 cm³/mol. The molecule has 0 saturated carbocycles. The van der Waals surface area contributed by atoms with E-state index in [0.717, 1.165) is 5.69 Å². The van der Waals surface area contributed by atoms with Crippen LogP contribution >= 0.6 is 0 Å². The van der Waals surface area contributed by atoms with Gasteiger partial charge in [-0.3, -0.25) is 0 Å². The van der Waals surface area contributed by atoms with Crippen molar-refractivity contribution in [2.24, 2.45) is 5.10 Å². The van der Waals surface area contributed by atoms with Gasteiger partial charge in [0.15, 0.2) is 0 Å². The third-order valence-electron chi connectivity index (χ3n) is 2.02. The van der Waals surface area contributed by atoms with Gasteiger partial charge in [0, 0.05) is 12.7 Å². The number of nitrogens with one attached hydrogen (secondary N) is 1. The van der Waals surface area contributed by atoms with Crippen LogP contribution in [-0.4, -0.2) is 18.1 Å². The lowest BCUT2D eigenvalue weighted by Crippen LogP contribution is -2.06. The van der Waals surface area contributed by atoms with Crippen molar-refractivity contribution in [3.8, 4) is 0 Å². The van der Waals surface area contributed by atoms with Gasteiger partial charge < -0.3 is 5.32 Å². The van der Waals surface area contributed by atoms with Crippen LogP contribution in [0.3, 0.4) is 0 Å². The molecule has 0 fully saturated rings. The molecule has 0 unspecified atom stereocenters. The normalized spacial score (nSPS) is 11.1. The Kier molecular flexibility index (Phi) is 3.51. The molecule has 76 valence electrons. The van der Waals surface area contributed by atoms with Crippen molar-refractivity contribution in [3.05, 3.63) is 30.1 Å². The first-order valence-electron chi connectivity index (χ1n) is 4.75. The zero-order chi connectivity index (χ0) is 10.6. The molecule has 0 amide bonds. The first-order valence-corrected chi connectivity index (χ1v) is 4.75. The third kappa shape index (κ3) is 2.05. The summed E-state index contributed by atoms with van der Waals surface area (Å²) in [4.78, 5) is 0. The van der Waals surface area contributed by atoms with E-state index in [1.807, 2.05) is 17.8 Å². The van der Waals surface area contributed by atoms with E-state index >= 15 is 0 Å². The molecular weight excluding hydrogens is 174 g/mol. The smallest absolute Gasteiger partial charge is 0.109 e. The number of hydrogen-bond donors (Lipinski definition) is 1. The summed E-state index contributed by atoms with van der Waals surface area (Å²) in [7, 11) is 1.83. The predicted octanol–water partition coefficient (Wildman–Crippen LogP) is 2.27. The fourth-order valence-corrected chi connectivity index (χ4v) is 1.30. The molecule has 1 aromatic heterocycles. The molecule has 0 atom stereocenters. The van der Waals surface area contributed by atoms with E-state index in [-0.39, 0.29) is 0 Å². The number of hydrogen-bond acceptors (Lipinski definition) is 1. The van der Waals surface area contributed by atoms with Crippen LogP contribution in [0.2, 0.25) is 0 Å². The quantitative estimate of drug-likeness (QED) is 0.574. The molecule has 0 radical (unpaired) electrons. The monoisotopic (exact) mass is 191 g/mol. The number of aromatic nitrogens is 1. The molecule has 0 spiro atoms. The van der Waals surface area contributed by atoms with Gasteiger partial charge in [0.05, 0.1) is 5.69 Å². The second-order valence-corrected chi connectivity index (χ2v) is 3.39. The summed E-state index contributed by atoms with van der Waals surface area (Å²) in [5, 5.41) is 7.16. The lowest BCUT2D eigenvalue weighted by Gasteiger charge is -2.08. The Labute approximate surface area is 85.1 Å². The van der Waals surface area contributed by atoms with Crippen molar-refractivity contribution in [3.63, 3.8) is 0 Å². The van der Waals surface area contributed by atoms with Crippen LogP contribution in [-0.2, 0) is 0 Å². The molecule has 3 heteroatoms. The molecule has 0 aliphatic heterocycles. The second kappa shape index (κ2) is 4.65. The minimum Gasteiger partial charge on any atom is -0.378 e. The molecule has 1 N–H and O–H groups in total. The average Bonchev–Trinajstić information content (AvgIpc) is 2.57. The van der Waals surface area contributed by atoms with Crippen molar-refractivity contribution >= 4 is 12.4 Å². The van der Waals surface area contributed by atoms with Crippen molar-refractivity contribution < 1.29 is 0 Å². The van der Waals surface area contributed by atoms with Gasteiger partial charge in [0.2, 0.25) is 0 Å². The highest BCUT2D eigenvalue weighted by molar-refractivity contribution is 5.55.